The van der Waals surface area contributed by atoms with Crippen LogP contribution in [0.15, 0.2) is 24.3 Å². The highest BCUT2D eigenvalue weighted by molar-refractivity contribution is 6.31. The number of hydrogen-bond donors (Lipinski definition) is 0. The highest BCUT2D eigenvalue weighted by Crippen LogP contribution is 2.24. The maximum absolute atomic E-state index is 11.9. The van der Waals surface area contributed by atoms with E-state index < -0.39 is 0 Å². The Morgan fingerprint density at radius 1 is 1.33 bits per heavy atom. The Hall–Kier alpha value is -1.81. The van der Waals surface area contributed by atoms with Crippen molar-refractivity contribution in [2.45, 2.75) is 40.3 Å². The molecule has 0 amide bonds. The first kappa shape index (κ1) is 15.6. The van der Waals surface area contributed by atoms with Gasteiger partial charge < -0.3 is 4.74 Å². The second-order valence-corrected chi connectivity index (χ2v) is 5.10. The predicted molar refractivity (Wildman–Crippen MR) is 83.0 cm³/mol. The maximum atomic E-state index is 11.9. The number of ketones is 1. The first-order valence-corrected chi connectivity index (χ1v) is 7.43. The molecule has 2 aromatic rings. The van der Waals surface area contributed by atoms with Gasteiger partial charge in [-0.1, -0.05) is 30.7 Å². The topological polar surface area (TPSA) is 44.1 Å². The van der Waals surface area contributed by atoms with E-state index in [-0.39, 0.29) is 5.78 Å². The van der Waals surface area contributed by atoms with Gasteiger partial charge in [0.15, 0.2) is 5.78 Å². The SMILES string of the molecule is CCC(=O)c1ccccc1OCc1c(Cl)c(C)nn1CC. The Labute approximate surface area is 129 Å². The highest BCUT2D eigenvalue weighted by Gasteiger charge is 2.15. The maximum Gasteiger partial charge on any atom is 0.166 e. The van der Waals surface area contributed by atoms with E-state index in [1.807, 2.05) is 37.6 Å². The molecule has 0 unspecified atom stereocenters. The summed E-state index contributed by atoms with van der Waals surface area (Å²) in [5.74, 6) is 0.652. The van der Waals surface area contributed by atoms with Crippen molar-refractivity contribution in [2.24, 2.45) is 0 Å². The van der Waals surface area contributed by atoms with Crippen molar-refractivity contribution in [2.75, 3.05) is 0 Å². The largest absolute Gasteiger partial charge is 0.486 e. The van der Waals surface area contributed by atoms with Crippen LogP contribution < -0.4 is 4.74 Å². The monoisotopic (exact) mass is 306 g/mol. The van der Waals surface area contributed by atoms with Gasteiger partial charge >= 0.3 is 0 Å². The number of hydrogen-bond acceptors (Lipinski definition) is 3. The molecule has 5 heteroatoms. The second kappa shape index (κ2) is 6.76. The lowest BCUT2D eigenvalue weighted by atomic mass is 10.1. The van der Waals surface area contributed by atoms with E-state index in [4.69, 9.17) is 16.3 Å². The molecule has 0 bridgehead atoms. The van der Waals surface area contributed by atoms with Gasteiger partial charge in [-0.05, 0) is 26.0 Å². The highest BCUT2D eigenvalue weighted by atomic mass is 35.5. The van der Waals surface area contributed by atoms with Gasteiger partial charge in [-0.25, -0.2) is 0 Å². The average molecular weight is 307 g/mol. The molecule has 0 fully saturated rings. The number of aromatic nitrogens is 2. The van der Waals surface area contributed by atoms with Gasteiger partial charge in [-0.3, -0.25) is 9.48 Å². The summed E-state index contributed by atoms with van der Waals surface area (Å²) in [4.78, 5) is 11.9. The number of Topliss-reactive ketones (excluding diaryl/α,β-unsaturated/α-hetero) is 1. The lowest BCUT2D eigenvalue weighted by Gasteiger charge is -2.11. The van der Waals surface area contributed by atoms with Crippen LogP contribution in [0.2, 0.25) is 5.02 Å². The minimum atomic E-state index is 0.0666. The molecule has 0 aliphatic carbocycles. The molecule has 1 heterocycles. The molecular formula is C16H19ClN2O2. The van der Waals surface area contributed by atoms with E-state index in [2.05, 4.69) is 5.10 Å². The van der Waals surface area contributed by atoms with Crippen molar-refractivity contribution < 1.29 is 9.53 Å². The van der Waals surface area contributed by atoms with Crippen molar-refractivity contribution in [3.8, 4) is 5.75 Å². The molecule has 0 atom stereocenters. The Morgan fingerprint density at radius 2 is 2.05 bits per heavy atom. The van der Waals surface area contributed by atoms with Crippen LogP contribution in [0.5, 0.6) is 5.75 Å². The molecule has 1 aromatic heterocycles. The van der Waals surface area contributed by atoms with Crippen LogP contribution in [0, 0.1) is 6.92 Å². The average Bonchev–Trinajstić information content (AvgIpc) is 2.79. The Bertz CT molecular complexity index is 650. The predicted octanol–water partition coefficient (Wildman–Crippen LogP) is 4.04. The van der Waals surface area contributed by atoms with E-state index in [1.54, 1.807) is 12.1 Å². The number of carbonyl (C=O) groups is 1. The van der Waals surface area contributed by atoms with Crippen LogP contribution in [0.4, 0.5) is 0 Å². The van der Waals surface area contributed by atoms with Crippen LogP contribution in [0.1, 0.15) is 42.0 Å². The third-order valence-corrected chi connectivity index (χ3v) is 3.82. The zero-order valence-electron chi connectivity index (χ0n) is 12.5. The van der Waals surface area contributed by atoms with Gasteiger partial charge in [0, 0.05) is 13.0 Å². The standard InChI is InChI=1S/C16H19ClN2O2/c1-4-14(20)12-8-6-7-9-15(12)21-10-13-16(17)11(3)18-19(13)5-2/h6-9H,4-5,10H2,1-3H3. The zero-order chi connectivity index (χ0) is 15.4. The number of benzene rings is 1. The van der Waals surface area contributed by atoms with E-state index >= 15 is 0 Å². The van der Waals surface area contributed by atoms with Crippen molar-refractivity contribution in [1.29, 1.82) is 0 Å². The van der Waals surface area contributed by atoms with Crippen molar-refractivity contribution in [1.82, 2.24) is 9.78 Å². The number of nitrogens with zero attached hydrogens (tertiary/aromatic N) is 2. The van der Waals surface area contributed by atoms with Gasteiger partial charge in [-0.15, -0.1) is 0 Å². The van der Waals surface area contributed by atoms with Gasteiger partial charge in [0.2, 0.25) is 0 Å². The third kappa shape index (κ3) is 3.27. The smallest absolute Gasteiger partial charge is 0.166 e. The Balaban J connectivity index is 2.23. The summed E-state index contributed by atoms with van der Waals surface area (Å²) >= 11 is 6.26. The molecule has 0 N–H and O–H groups in total. The molecule has 0 saturated heterocycles. The number of carbonyl (C=O) groups excluding carboxylic acids is 1. The van der Waals surface area contributed by atoms with E-state index in [1.165, 1.54) is 0 Å². The summed E-state index contributed by atoms with van der Waals surface area (Å²) in [5, 5.41) is 4.97. The molecule has 1 aromatic carbocycles. The molecule has 0 spiro atoms. The van der Waals surface area contributed by atoms with Crippen LogP contribution in [0.25, 0.3) is 0 Å². The number of halogens is 1. The minimum Gasteiger partial charge on any atom is -0.486 e. The lowest BCUT2D eigenvalue weighted by molar-refractivity contribution is 0.0983. The first-order valence-electron chi connectivity index (χ1n) is 7.05. The number of ether oxygens (including phenoxy) is 1. The van der Waals surface area contributed by atoms with Crippen LogP contribution in [-0.2, 0) is 13.2 Å². The molecule has 21 heavy (non-hydrogen) atoms. The molecule has 0 aliphatic rings. The van der Waals surface area contributed by atoms with Gasteiger partial charge in [0.25, 0.3) is 0 Å². The van der Waals surface area contributed by atoms with Crippen LogP contribution in [0.3, 0.4) is 0 Å². The number of aryl methyl sites for hydroxylation is 2. The van der Waals surface area contributed by atoms with E-state index in [9.17, 15) is 4.79 Å². The fraction of sp³-hybridized carbons (Fsp3) is 0.375. The van der Waals surface area contributed by atoms with Crippen LogP contribution >= 0.6 is 11.6 Å². The van der Waals surface area contributed by atoms with Crippen molar-refractivity contribution in [3.63, 3.8) is 0 Å². The molecular weight excluding hydrogens is 288 g/mol. The second-order valence-electron chi connectivity index (χ2n) is 4.72. The Kier molecular flexibility index (Phi) is 5.02. The molecule has 4 nitrogen and oxygen atoms in total. The first-order chi connectivity index (χ1) is 10.1. The summed E-state index contributed by atoms with van der Waals surface area (Å²) in [7, 11) is 0. The van der Waals surface area contributed by atoms with E-state index in [0.717, 1.165) is 17.9 Å². The fourth-order valence-electron chi connectivity index (χ4n) is 2.17. The van der Waals surface area contributed by atoms with Gasteiger partial charge in [0.05, 0.1) is 22.0 Å². The number of rotatable bonds is 6. The summed E-state index contributed by atoms with van der Waals surface area (Å²) in [6.45, 7) is 6.72. The summed E-state index contributed by atoms with van der Waals surface area (Å²) < 4.78 is 7.64. The summed E-state index contributed by atoms with van der Waals surface area (Å²) in [6.07, 6.45) is 0.452. The summed E-state index contributed by atoms with van der Waals surface area (Å²) in [5.41, 5.74) is 2.22. The Morgan fingerprint density at radius 3 is 2.71 bits per heavy atom. The van der Waals surface area contributed by atoms with E-state index in [0.29, 0.717) is 29.4 Å². The van der Waals surface area contributed by atoms with Gasteiger partial charge in [-0.2, -0.15) is 5.10 Å². The minimum absolute atomic E-state index is 0.0666. The lowest BCUT2D eigenvalue weighted by Crippen LogP contribution is -2.08. The quantitative estimate of drug-likeness (QED) is 0.757. The third-order valence-electron chi connectivity index (χ3n) is 3.33. The molecule has 0 saturated carbocycles. The van der Waals surface area contributed by atoms with Gasteiger partial charge in [0.1, 0.15) is 12.4 Å². The molecule has 0 aliphatic heterocycles. The summed E-state index contributed by atoms with van der Waals surface area (Å²) in [6, 6.07) is 7.27. The molecule has 112 valence electrons. The normalized spacial score (nSPS) is 10.7. The number of para-hydroxylation sites is 1. The van der Waals surface area contributed by atoms with Crippen LogP contribution in [-0.4, -0.2) is 15.6 Å². The zero-order valence-corrected chi connectivity index (χ0v) is 13.3. The van der Waals surface area contributed by atoms with Crippen molar-refractivity contribution in [3.05, 3.63) is 46.2 Å². The molecule has 0 radical (unpaired) electrons. The molecule has 2 rings (SSSR count). The fourth-order valence-corrected chi connectivity index (χ4v) is 2.36. The van der Waals surface area contributed by atoms with Crippen molar-refractivity contribution >= 4 is 17.4 Å².